The van der Waals surface area contributed by atoms with Gasteiger partial charge < -0.3 is 10.6 Å². The highest BCUT2D eigenvalue weighted by atomic mass is 35.5. The number of anilines is 1. The van der Waals surface area contributed by atoms with Gasteiger partial charge in [-0.2, -0.15) is 13.2 Å². The molecule has 8 heteroatoms. The zero-order valence-electron chi connectivity index (χ0n) is 13.0. The number of carbonyl (C=O) groups excluding carboxylic acids is 1. The van der Waals surface area contributed by atoms with E-state index in [0.717, 1.165) is 23.8 Å². The molecule has 0 spiro atoms. The molecule has 0 aliphatic rings. The van der Waals surface area contributed by atoms with E-state index in [1.54, 1.807) is 12.1 Å². The van der Waals surface area contributed by atoms with Crippen molar-refractivity contribution in [1.82, 2.24) is 5.32 Å². The van der Waals surface area contributed by atoms with Gasteiger partial charge in [0.25, 0.3) is 0 Å². The first-order chi connectivity index (χ1) is 11.8. The lowest BCUT2D eigenvalue weighted by molar-refractivity contribution is -0.137. The highest BCUT2D eigenvalue weighted by molar-refractivity contribution is 6.33. The average molecular weight is 391 g/mol. The van der Waals surface area contributed by atoms with Gasteiger partial charge in [-0.25, -0.2) is 0 Å². The Balaban J connectivity index is 1.83. The first-order valence-corrected chi connectivity index (χ1v) is 8.13. The first-order valence-electron chi connectivity index (χ1n) is 7.37. The molecule has 0 fully saturated rings. The lowest BCUT2D eigenvalue weighted by Crippen LogP contribution is -2.29. The molecule has 2 aromatic carbocycles. The summed E-state index contributed by atoms with van der Waals surface area (Å²) >= 11 is 11.6. The molecule has 0 aromatic heterocycles. The third-order valence-corrected chi connectivity index (χ3v) is 3.94. The number of benzene rings is 2. The van der Waals surface area contributed by atoms with Crippen LogP contribution in [0.25, 0.3) is 0 Å². The van der Waals surface area contributed by atoms with Gasteiger partial charge in [0, 0.05) is 5.02 Å². The molecule has 2 rings (SSSR count). The minimum Gasteiger partial charge on any atom is -0.324 e. The molecular formula is C17H15Cl2F3N2O. The summed E-state index contributed by atoms with van der Waals surface area (Å²) < 4.78 is 38.1. The van der Waals surface area contributed by atoms with Crippen LogP contribution < -0.4 is 10.6 Å². The Kier molecular flexibility index (Phi) is 6.70. The third-order valence-electron chi connectivity index (χ3n) is 3.36. The second-order valence-electron chi connectivity index (χ2n) is 5.29. The van der Waals surface area contributed by atoms with Crippen molar-refractivity contribution in [3.63, 3.8) is 0 Å². The van der Waals surface area contributed by atoms with Crippen LogP contribution in [-0.2, 0) is 17.4 Å². The minimum atomic E-state index is -4.50. The van der Waals surface area contributed by atoms with E-state index in [1.807, 2.05) is 12.1 Å². The molecule has 0 radical (unpaired) electrons. The molecule has 0 saturated heterocycles. The second kappa shape index (κ2) is 8.56. The van der Waals surface area contributed by atoms with Crippen LogP contribution in [0.2, 0.25) is 10.0 Å². The summed E-state index contributed by atoms with van der Waals surface area (Å²) in [7, 11) is 0. The second-order valence-corrected chi connectivity index (χ2v) is 6.14. The van der Waals surface area contributed by atoms with Crippen molar-refractivity contribution in [2.45, 2.75) is 12.6 Å². The van der Waals surface area contributed by atoms with Gasteiger partial charge in [0.1, 0.15) is 0 Å². The van der Waals surface area contributed by atoms with Crippen LogP contribution >= 0.6 is 23.2 Å². The fraction of sp³-hybridized carbons (Fsp3) is 0.235. The predicted octanol–water partition coefficient (Wildman–Crippen LogP) is 4.78. The molecule has 0 heterocycles. The monoisotopic (exact) mass is 390 g/mol. The van der Waals surface area contributed by atoms with Crippen molar-refractivity contribution in [1.29, 1.82) is 0 Å². The van der Waals surface area contributed by atoms with Crippen molar-refractivity contribution in [3.8, 4) is 0 Å². The molecule has 3 nitrogen and oxygen atoms in total. The van der Waals surface area contributed by atoms with Crippen molar-refractivity contribution in [3.05, 3.63) is 63.6 Å². The number of rotatable bonds is 6. The summed E-state index contributed by atoms with van der Waals surface area (Å²) in [6.07, 6.45) is -3.81. The third kappa shape index (κ3) is 6.23. The van der Waals surface area contributed by atoms with Crippen LogP contribution in [0.1, 0.15) is 11.1 Å². The van der Waals surface area contributed by atoms with Gasteiger partial charge in [0.05, 0.1) is 22.8 Å². The molecule has 25 heavy (non-hydrogen) atoms. The van der Waals surface area contributed by atoms with E-state index in [9.17, 15) is 18.0 Å². The Morgan fingerprint density at radius 3 is 2.36 bits per heavy atom. The molecule has 134 valence electrons. The van der Waals surface area contributed by atoms with Gasteiger partial charge in [0.15, 0.2) is 0 Å². The van der Waals surface area contributed by atoms with Crippen LogP contribution in [0.15, 0.2) is 42.5 Å². The van der Waals surface area contributed by atoms with Crippen LogP contribution in [0.5, 0.6) is 0 Å². The van der Waals surface area contributed by atoms with Crippen LogP contribution in [0.3, 0.4) is 0 Å². The summed E-state index contributed by atoms with van der Waals surface area (Å²) in [6, 6.07) is 10.1. The zero-order chi connectivity index (χ0) is 18.4. The number of carbonyl (C=O) groups is 1. The highest BCUT2D eigenvalue weighted by Gasteiger charge is 2.31. The Morgan fingerprint density at radius 1 is 1.04 bits per heavy atom. The Hall–Kier alpha value is -1.76. The zero-order valence-corrected chi connectivity index (χ0v) is 14.5. The van der Waals surface area contributed by atoms with E-state index in [2.05, 4.69) is 10.6 Å². The molecule has 1 amide bonds. The number of amides is 1. The first kappa shape index (κ1) is 19.6. The summed E-state index contributed by atoms with van der Waals surface area (Å²) in [5, 5.41) is 5.99. The SMILES string of the molecule is O=C(CNCCc1ccc(Cl)cc1)Nc1cc(C(F)(F)F)ccc1Cl. The molecule has 0 aliphatic carbocycles. The van der Waals surface area contributed by atoms with Gasteiger partial charge in [-0.1, -0.05) is 35.3 Å². The maximum atomic E-state index is 12.7. The number of hydrogen-bond acceptors (Lipinski definition) is 2. The maximum absolute atomic E-state index is 12.7. The smallest absolute Gasteiger partial charge is 0.324 e. The molecule has 0 atom stereocenters. The van der Waals surface area contributed by atoms with Gasteiger partial charge in [-0.15, -0.1) is 0 Å². The molecule has 0 saturated carbocycles. The van der Waals surface area contributed by atoms with Crippen LogP contribution in [0, 0.1) is 0 Å². The predicted molar refractivity (Wildman–Crippen MR) is 93.1 cm³/mol. The number of hydrogen-bond donors (Lipinski definition) is 2. The summed E-state index contributed by atoms with van der Waals surface area (Å²) in [4.78, 5) is 11.9. The fourth-order valence-corrected chi connectivity index (χ4v) is 2.37. The Morgan fingerprint density at radius 2 is 1.72 bits per heavy atom. The minimum absolute atomic E-state index is 0.0415. The molecule has 2 aromatic rings. The number of halogens is 5. The Bertz CT molecular complexity index is 734. The topological polar surface area (TPSA) is 41.1 Å². The van der Waals surface area contributed by atoms with Crippen LogP contribution in [0.4, 0.5) is 18.9 Å². The summed E-state index contributed by atoms with van der Waals surface area (Å²) in [6.45, 7) is 0.492. The van der Waals surface area contributed by atoms with E-state index < -0.39 is 17.6 Å². The van der Waals surface area contributed by atoms with Crippen LogP contribution in [-0.4, -0.2) is 19.0 Å². The van der Waals surface area contributed by atoms with Gasteiger partial charge in [0.2, 0.25) is 5.91 Å². The number of alkyl halides is 3. The molecule has 0 unspecified atom stereocenters. The van der Waals surface area contributed by atoms with Crippen molar-refractivity contribution < 1.29 is 18.0 Å². The molecular weight excluding hydrogens is 376 g/mol. The van der Waals surface area contributed by atoms with E-state index >= 15 is 0 Å². The lowest BCUT2D eigenvalue weighted by atomic mass is 10.1. The van der Waals surface area contributed by atoms with E-state index in [4.69, 9.17) is 23.2 Å². The van der Waals surface area contributed by atoms with Crippen molar-refractivity contribution in [2.75, 3.05) is 18.4 Å². The highest BCUT2D eigenvalue weighted by Crippen LogP contribution is 2.33. The molecule has 0 bridgehead atoms. The van der Waals surface area contributed by atoms with E-state index in [-0.39, 0.29) is 17.3 Å². The van der Waals surface area contributed by atoms with Gasteiger partial charge >= 0.3 is 6.18 Å². The van der Waals surface area contributed by atoms with Gasteiger partial charge in [-0.05, 0) is 48.9 Å². The number of nitrogens with one attached hydrogen (secondary N) is 2. The maximum Gasteiger partial charge on any atom is 0.416 e. The quantitative estimate of drug-likeness (QED) is 0.696. The Labute approximate surface area is 153 Å². The summed E-state index contributed by atoms with van der Waals surface area (Å²) in [5.74, 6) is -0.475. The van der Waals surface area contributed by atoms with E-state index in [0.29, 0.717) is 18.0 Å². The summed E-state index contributed by atoms with van der Waals surface area (Å²) in [5.41, 5.74) is 0.113. The van der Waals surface area contributed by atoms with Crippen molar-refractivity contribution in [2.24, 2.45) is 0 Å². The average Bonchev–Trinajstić information content (AvgIpc) is 2.54. The lowest BCUT2D eigenvalue weighted by Gasteiger charge is -2.12. The molecule has 0 aliphatic heterocycles. The van der Waals surface area contributed by atoms with E-state index in [1.165, 1.54) is 0 Å². The largest absolute Gasteiger partial charge is 0.416 e. The standard InChI is InChI=1S/C17H15Cl2F3N2O/c18-13-4-1-11(2-5-13)7-8-23-10-16(25)24-15-9-12(17(20,21)22)3-6-14(15)19/h1-6,9,23H,7-8,10H2,(H,24,25). The fourth-order valence-electron chi connectivity index (χ4n) is 2.08. The van der Waals surface area contributed by atoms with Crippen molar-refractivity contribution >= 4 is 34.8 Å². The normalized spacial score (nSPS) is 11.4. The van der Waals surface area contributed by atoms with Gasteiger partial charge in [-0.3, -0.25) is 4.79 Å². The molecule has 2 N–H and O–H groups in total.